The van der Waals surface area contributed by atoms with Gasteiger partial charge >= 0.3 is 6.18 Å². The van der Waals surface area contributed by atoms with Gasteiger partial charge in [-0.3, -0.25) is 4.79 Å². The number of carbonyl (C=O) groups is 1. The van der Waals surface area contributed by atoms with Crippen LogP contribution in [0, 0.1) is 11.8 Å². The Hall–Kier alpha value is -0.780. The van der Waals surface area contributed by atoms with E-state index < -0.39 is 18.1 Å². The van der Waals surface area contributed by atoms with Crippen molar-refractivity contribution in [3.63, 3.8) is 0 Å². The molecule has 1 rings (SSSR count). The minimum absolute atomic E-state index is 0.0283. The number of piperidine rings is 1. The van der Waals surface area contributed by atoms with Gasteiger partial charge in [0, 0.05) is 19.1 Å². The highest BCUT2D eigenvalue weighted by atomic mass is 19.4. The van der Waals surface area contributed by atoms with E-state index in [2.05, 4.69) is 5.32 Å². The second-order valence-corrected chi connectivity index (χ2v) is 6.25. The van der Waals surface area contributed by atoms with E-state index in [4.69, 9.17) is 0 Å². The van der Waals surface area contributed by atoms with E-state index in [9.17, 15) is 18.0 Å². The Morgan fingerprint density at radius 3 is 2.20 bits per heavy atom. The quantitative estimate of drug-likeness (QED) is 0.864. The molecular formula is C14H25F3N2O. The molecular weight excluding hydrogens is 269 g/mol. The third-order valence-electron chi connectivity index (χ3n) is 3.64. The summed E-state index contributed by atoms with van der Waals surface area (Å²) in [6.07, 6.45) is -3.89. The third kappa shape index (κ3) is 4.65. The van der Waals surface area contributed by atoms with E-state index in [1.807, 2.05) is 27.7 Å². The fourth-order valence-electron chi connectivity index (χ4n) is 2.50. The highest BCUT2D eigenvalue weighted by Crippen LogP contribution is 2.32. The first-order valence-electron chi connectivity index (χ1n) is 7.23. The molecule has 2 atom stereocenters. The van der Waals surface area contributed by atoms with Crippen LogP contribution in [0.5, 0.6) is 0 Å². The van der Waals surface area contributed by atoms with Crippen molar-refractivity contribution in [2.24, 2.45) is 11.8 Å². The van der Waals surface area contributed by atoms with Gasteiger partial charge in [-0.1, -0.05) is 13.8 Å². The summed E-state index contributed by atoms with van der Waals surface area (Å²) in [7, 11) is 0. The molecule has 2 unspecified atom stereocenters. The molecule has 1 aliphatic heterocycles. The molecule has 1 aliphatic rings. The fourth-order valence-corrected chi connectivity index (χ4v) is 2.50. The number of nitrogens with one attached hydrogen (secondary N) is 1. The zero-order valence-electron chi connectivity index (χ0n) is 12.6. The van der Waals surface area contributed by atoms with Crippen LogP contribution in [-0.2, 0) is 4.79 Å². The highest BCUT2D eigenvalue weighted by Gasteiger charge is 2.43. The van der Waals surface area contributed by atoms with Crippen molar-refractivity contribution in [2.75, 3.05) is 13.1 Å². The third-order valence-corrected chi connectivity index (χ3v) is 3.64. The van der Waals surface area contributed by atoms with Crippen LogP contribution >= 0.6 is 0 Å². The van der Waals surface area contributed by atoms with Crippen LogP contribution in [0.3, 0.4) is 0 Å². The number of alkyl halides is 3. The minimum atomic E-state index is -4.17. The van der Waals surface area contributed by atoms with Gasteiger partial charge in [0.15, 0.2) is 0 Å². The van der Waals surface area contributed by atoms with Gasteiger partial charge in [-0.25, -0.2) is 0 Å². The number of amides is 1. The topological polar surface area (TPSA) is 32.3 Å². The van der Waals surface area contributed by atoms with Crippen molar-refractivity contribution in [1.29, 1.82) is 0 Å². The van der Waals surface area contributed by atoms with E-state index in [1.165, 1.54) is 0 Å². The molecule has 20 heavy (non-hydrogen) atoms. The lowest BCUT2D eigenvalue weighted by atomic mass is 9.93. The van der Waals surface area contributed by atoms with Crippen LogP contribution in [0.15, 0.2) is 0 Å². The van der Waals surface area contributed by atoms with Crippen LogP contribution in [0.2, 0.25) is 0 Å². The summed E-state index contributed by atoms with van der Waals surface area (Å²) in [4.78, 5) is 14.2. The predicted octanol–water partition coefficient (Wildman–Crippen LogP) is 2.81. The SMILES string of the molecule is CC(C)CN(C(=O)C1CCC(C(F)(F)F)CN1)C(C)C. The standard InChI is InChI=1S/C14H25F3N2O/c1-9(2)8-19(10(3)4)13(20)12-6-5-11(7-18-12)14(15,16)17/h9-12,18H,5-8H2,1-4H3. The Balaban J connectivity index is 2.60. The first-order chi connectivity index (χ1) is 9.12. The number of nitrogens with zero attached hydrogens (tertiary/aromatic N) is 1. The lowest BCUT2D eigenvalue weighted by molar-refractivity contribution is -0.181. The van der Waals surface area contributed by atoms with E-state index >= 15 is 0 Å². The first kappa shape index (κ1) is 17.3. The van der Waals surface area contributed by atoms with Crippen molar-refractivity contribution >= 4 is 5.91 Å². The van der Waals surface area contributed by atoms with Gasteiger partial charge in [0.2, 0.25) is 5.91 Å². The Kier molecular flexibility index (Phi) is 5.86. The Morgan fingerprint density at radius 1 is 1.25 bits per heavy atom. The molecule has 1 saturated heterocycles. The molecule has 0 saturated carbocycles. The average Bonchev–Trinajstić information content (AvgIpc) is 2.33. The summed E-state index contributed by atoms with van der Waals surface area (Å²) in [5.74, 6) is -1.06. The highest BCUT2D eigenvalue weighted by molar-refractivity contribution is 5.82. The molecule has 1 fully saturated rings. The summed E-state index contributed by atoms with van der Waals surface area (Å²) < 4.78 is 37.8. The summed E-state index contributed by atoms with van der Waals surface area (Å²) in [5.41, 5.74) is 0. The lowest BCUT2D eigenvalue weighted by Gasteiger charge is -2.36. The average molecular weight is 294 g/mol. The summed E-state index contributed by atoms with van der Waals surface area (Å²) in [6, 6.07) is -0.415. The van der Waals surface area contributed by atoms with Gasteiger partial charge in [-0.05, 0) is 32.6 Å². The molecule has 0 aromatic rings. The molecule has 0 aromatic heterocycles. The first-order valence-corrected chi connectivity index (χ1v) is 7.23. The van der Waals surface area contributed by atoms with E-state index in [0.717, 1.165) is 0 Å². The Bertz CT molecular complexity index is 321. The number of halogens is 3. The van der Waals surface area contributed by atoms with Crippen molar-refractivity contribution in [3.05, 3.63) is 0 Å². The molecule has 0 spiro atoms. The molecule has 0 aromatic carbocycles. The molecule has 1 amide bonds. The Labute approximate surface area is 118 Å². The summed E-state index contributed by atoms with van der Waals surface area (Å²) in [5, 5.41) is 2.77. The predicted molar refractivity (Wildman–Crippen MR) is 72.3 cm³/mol. The van der Waals surface area contributed by atoms with E-state index in [-0.39, 0.29) is 31.3 Å². The van der Waals surface area contributed by atoms with Crippen molar-refractivity contribution in [2.45, 2.75) is 58.8 Å². The maximum Gasteiger partial charge on any atom is 0.393 e. The number of carbonyl (C=O) groups excluding carboxylic acids is 1. The van der Waals surface area contributed by atoms with Crippen LogP contribution in [0.25, 0.3) is 0 Å². The van der Waals surface area contributed by atoms with Crippen LogP contribution in [0.4, 0.5) is 13.2 Å². The van der Waals surface area contributed by atoms with Gasteiger partial charge in [0.25, 0.3) is 0 Å². The maximum absolute atomic E-state index is 12.6. The minimum Gasteiger partial charge on any atom is -0.339 e. The molecule has 0 aliphatic carbocycles. The zero-order chi connectivity index (χ0) is 15.5. The molecule has 1 heterocycles. The zero-order valence-corrected chi connectivity index (χ0v) is 12.6. The lowest BCUT2D eigenvalue weighted by Crippen LogP contribution is -2.54. The van der Waals surface area contributed by atoms with Gasteiger partial charge < -0.3 is 10.2 Å². The van der Waals surface area contributed by atoms with Crippen LogP contribution in [0.1, 0.15) is 40.5 Å². The van der Waals surface area contributed by atoms with Crippen LogP contribution < -0.4 is 5.32 Å². The molecule has 1 N–H and O–H groups in total. The normalized spacial score (nSPS) is 24.2. The van der Waals surface area contributed by atoms with Gasteiger partial charge in [-0.15, -0.1) is 0 Å². The van der Waals surface area contributed by atoms with Gasteiger partial charge in [0.05, 0.1) is 12.0 Å². The summed E-state index contributed by atoms with van der Waals surface area (Å²) in [6.45, 7) is 8.39. The van der Waals surface area contributed by atoms with Crippen LogP contribution in [-0.4, -0.2) is 42.2 Å². The molecule has 0 radical (unpaired) electrons. The molecule has 0 bridgehead atoms. The van der Waals surface area contributed by atoms with E-state index in [0.29, 0.717) is 12.5 Å². The van der Waals surface area contributed by atoms with Crippen molar-refractivity contribution in [1.82, 2.24) is 10.2 Å². The number of hydrogen-bond acceptors (Lipinski definition) is 2. The van der Waals surface area contributed by atoms with Gasteiger partial charge in [-0.2, -0.15) is 13.2 Å². The number of hydrogen-bond donors (Lipinski definition) is 1. The molecule has 6 heteroatoms. The second kappa shape index (κ2) is 6.78. The Morgan fingerprint density at radius 2 is 1.85 bits per heavy atom. The fraction of sp³-hybridized carbons (Fsp3) is 0.929. The second-order valence-electron chi connectivity index (χ2n) is 6.25. The molecule has 118 valence electrons. The van der Waals surface area contributed by atoms with E-state index in [1.54, 1.807) is 4.90 Å². The molecule has 3 nitrogen and oxygen atoms in total. The van der Waals surface area contributed by atoms with Gasteiger partial charge in [0.1, 0.15) is 0 Å². The smallest absolute Gasteiger partial charge is 0.339 e. The summed E-state index contributed by atoms with van der Waals surface area (Å²) >= 11 is 0. The van der Waals surface area contributed by atoms with Crippen molar-refractivity contribution < 1.29 is 18.0 Å². The van der Waals surface area contributed by atoms with Crippen molar-refractivity contribution in [3.8, 4) is 0 Å². The number of rotatable bonds is 4. The monoisotopic (exact) mass is 294 g/mol. The maximum atomic E-state index is 12.6. The largest absolute Gasteiger partial charge is 0.393 e.